The molecule has 1 aromatic rings. The minimum Gasteiger partial charge on any atom is -0.321 e. The summed E-state index contributed by atoms with van der Waals surface area (Å²) < 4.78 is 11.4. The van der Waals surface area contributed by atoms with Crippen LogP contribution in [0.2, 0.25) is 0 Å². The molecule has 0 fully saturated rings. The summed E-state index contributed by atoms with van der Waals surface area (Å²) in [6.07, 6.45) is 3.44. The molecule has 0 unspecified atom stereocenters. The molecule has 0 amide bonds. The normalized spacial score (nSPS) is 11.8. The SMILES string of the molecule is CCCc1ccc(CCC)c(P(=O)(O)O)c1. The standard InChI is InChI=1S/C12H19O3P/c1-3-5-10-7-8-11(6-4-2)12(9-10)16(13,14)15/h7-9H,3-6H2,1-2H3,(H2,13,14,15). The highest BCUT2D eigenvalue weighted by Crippen LogP contribution is 2.35. The van der Waals surface area contributed by atoms with Crippen LogP contribution >= 0.6 is 7.60 Å². The molecule has 4 heteroatoms. The first kappa shape index (κ1) is 13.4. The second-order valence-corrected chi connectivity index (χ2v) is 5.58. The third kappa shape index (κ3) is 3.44. The Morgan fingerprint density at radius 2 is 1.75 bits per heavy atom. The molecule has 0 spiro atoms. The predicted octanol–water partition coefficient (Wildman–Crippen LogP) is 2.39. The molecule has 0 aliphatic heterocycles. The van der Waals surface area contributed by atoms with E-state index in [1.807, 2.05) is 19.1 Å². The van der Waals surface area contributed by atoms with Crippen molar-refractivity contribution in [2.24, 2.45) is 0 Å². The topological polar surface area (TPSA) is 57.5 Å². The van der Waals surface area contributed by atoms with Crippen molar-refractivity contribution in [3.05, 3.63) is 29.3 Å². The van der Waals surface area contributed by atoms with Crippen LogP contribution in [0.4, 0.5) is 0 Å². The van der Waals surface area contributed by atoms with Crippen LogP contribution in [0.3, 0.4) is 0 Å². The van der Waals surface area contributed by atoms with Gasteiger partial charge in [-0.1, -0.05) is 38.8 Å². The Balaban J connectivity index is 3.16. The summed E-state index contributed by atoms with van der Waals surface area (Å²) in [5, 5.41) is 0.209. The van der Waals surface area contributed by atoms with Crippen LogP contribution in [-0.2, 0) is 17.4 Å². The molecular formula is C12H19O3P. The molecular weight excluding hydrogens is 223 g/mol. The summed E-state index contributed by atoms with van der Waals surface area (Å²) in [6.45, 7) is 4.06. The maximum Gasteiger partial charge on any atom is 0.356 e. The highest BCUT2D eigenvalue weighted by Gasteiger charge is 2.21. The Hall–Kier alpha value is -0.630. The Kier molecular flexibility index (Phi) is 4.72. The molecule has 0 saturated heterocycles. The van der Waals surface area contributed by atoms with E-state index in [9.17, 15) is 14.4 Å². The molecule has 2 N–H and O–H groups in total. The molecule has 1 aromatic carbocycles. The minimum atomic E-state index is -4.14. The van der Waals surface area contributed by atoms with Gasteiger partial charge in [0.2, 0.25) is 0 Å². The maximum atomic E-state index is 11.4. The number of aryl methyl sites for hydroxylation is 2. The Morgan fingerprint density at radius 3 is 2.25 bits per heavy atom. The molecule has 0 radical (unpaired) electrons. The lowest BCUT2D eigenvalue weighted by Crippen LogP contribution is -2.12. The van der Waals surface area contributed by atoms with Crippen molar-refractivity contribution >= 4 is 12.9 Å². The first-order chi connectivity index (χ1) is 7.49. The number of hydrogen-bond donors (Lipinski definition) is 2. The van der Waals surface area contributed by atoms with E-state index < -0.39 is 7.60 Å². The van der Waals surface area contributed by atoms with Crippen molar-refractivity contribution in [2.75, 3.05) is 0 Å². The lowest BCUT2D eigenvalue weighted by atomic mass is 10.1. The molecule has 0 atom stereocenters. The lowest BCUT2D eigenvalue weighted by molar-refractivity contribution is 0.387. The van der Waals surface area contributed by atoms with E-state index >= 15 is 0 Å². The highest BCUT2D eigenvalue weighted by atomic mass is 31.2. The number of rotatable bonds is 5. The van der Waals surface area contributed by atoms with E-state index in [0.717, 1.165) is 30.4 Å². The molecule has 1 rings (SSSR count). The molecule has 3 nitrogen and oxygen atoms in total. The second-order valence-electron chi connectivity index (χ2n) is 4.01. The van der Waals surface area contributed by atoms with Crippen molar-refractivity contribution in [3.8, 4) is 0 Å². The predicted molar refractivity (Wildman–Crippen MR) is 66.1 cm³/mol. The zero-order valence-electron chi connectivity index (χ0n) is 9.81. The third-order valence-corrected chi connectivity index (χ3v) is 3.57. The van der Waals surface area contributed by atoms with Crippen LogP contribution in [0, 0.1) is 0 Å². The smallest absolute Gasteiger partial charge is 0.321 e. The summed E-state index contributed by atoms with van der Waals surface area (Å²) in [5.41, 5.74) is 1.77. The van der Waals surface area contributed by atoms with Gasteiger partial charge < -0.3 is 9.79 Å². The highest BCUT2D eigenvalue weighted by molar-refractivity contribution is 7.60. The lowest BCUT2D eigenvalue weighted by Gasteiger charge is -2.12. The van der Waals surface area contributed by atoms with Gasteiger partial charge >= 0.3 is 7.60 Å². The van der Waals surface area contributed by atoms with Gasteiger partial charge in [-0.15, -0.1) is 0 Å². The summed E-state index contributed by atoms with van der Waals surface area (Å²) >= 11 is 0. The van der Waals surface area contributed by atoms with Gasteiger partial charge in [0.1, 0.15) is 0 Å². The van der Waals surface area contributed by atoms with Crippen LogP contribution in [0.5, 0.6) is 0 Å². The van der Waals surface area contributed by atoms with E-state index in [2.05, 4.69) is 6.92 Å². The molecule has 90 valence electrons. The van der Waals surface area contributed by atoms with Crippen LogP contribution in [-0.4, -0.2) is 9.79 Å². The van der Waals surface area contributed by atoms with E-state index in [1.54, 1.807) is 6.07 Å². The fourth-order valence-electron chi connectivity index (χ4n) is 1.81. The average molecular weight is 242 g/mol. The van der Waals surface area contributed by atoms with Gasteiger partial charge in [0.25, 0.3) is 0 Å². The molecule has 0 aliphatic rings. The summed E-state index contributed by atoms with van der Waals surface area (Å²) in [7, 11) is -4.14. The van der Waals surface area contributed by atoms with Crippen molar-refractivity contribution < 1.29 is 14.4 Å². The van der Waals surface area contributed by atoms with Crippen molar-refractivity contribution in [3.63, 3.8) is 0 Å². The van der Waals surface area contributed by atoms with Crippen LogP contribution < -0.4 is 5.30 Å². The third-order valence-electron chi connectivity index (χ3n) is 2.52. The van der Waals surface area contributed by atoms with Gasteiger partial charge in [-0.05, 0) is 30.0 Å². The summed E-state index contributed by atoms with van der Waals surface area (Å²) in [4.78, 5) is 18.6. The summed E-state index contributed by atoms with van der Waals surface area (Å²) in [5.74, 6) is 0. The summed E-state index contributed by atoms with van der Waals surface area (Å²) in [6, 6.07) is 5.48. The van der Waals surface area contributed by atoms with E-state index in [1.165, 1.54) is 0 Å². The molecule has 0 aromatic heterocycles. The fraction of sp³-hybridized carbons (Fsp3) is 0.500. The van der Waals surface area contributed by atoms with Gasteiger partial charge in [-0.2, -0.15) is 0 Å². The zero-order valence-corrected chi connectivity index (χ0v) is 10.7. The van der Waals surface area contributed by atoms with Gasteiger partial charge in [0.05, 0.1) is 5.30 Å². The second kappa shape index (κ2) is 5.62. The van der Waals surface area contributed by atoms with Gasteiger partial charge in [-0.25, -0.2) is 0 Å². The molecule has 16 heavy (non-hydrogen) atoms. The number of benzene rings is 1. The molecule has 0 bridgehead atoms. The minimum absolute atomic E-state index is 0.209. The van der Waals surface area contributed by atoms with E-state index in [-0.39, 0.29) is 5.30 Å². The van der Waals surface area contributed by atoms with E-state index in [0.29, 0.717) is 6.42 Å². The van der Waals surface area contributed by atoms with Crippen LogP contribution in [0.15, 0.2) is 18.2 Å². The Labute approximate surface area is 96.7 Å². The monoisotopic (exact) mass is 242 g/mol. The largest absolute Gasteiger partial charge is 0.356 e. The zero-order chi connectivity index (χ0) is 12.2. The Bertz CT molecular complexity index is 395. The van der Waals surface area contributed by atoms with Crippen LogP contribution in [0.25, 0.3) is 0 Å². The molecule has 0 saturated carbocycles. The quantitative estimate of drug-likeness (QED) is 0.779. The van der Waals surface area contributed by atoms with Gasteiger partial charge in [0.15, 0.2) is 0 Å². The van der Waals surface area contributed by atoms with Crippen LogP contribution in [0.1, 0.15) is 37.8 Å². The van der Waals surface area contributed by atoms with Gasteiger partial charge in [0, 0.05) is 0 Å². The first-order valence-electron chi connectivity index (χ1n) is 5.67. The maximum absolute atomic E-state index is 11.4. The number of hydrogen-bond acceptors (Lipinski definition) is 1. The van der Waals surface area contributed by atoms with Gasteiger partial charge in [-0.3, -0.25) is 4.57 Å². The average Bonchev–Trinajstić information content (AvgIpc) is 2.19. The van der Waals surface area contributed by atoms with Crippen molar-refractivity contribution in [1.29, 1.82) is 0 Å². The first-order valence-corrected chi connectivity index (χ1v) is 7.28. The fourth-order valence-corrected chi connectivity index (χ4v) is 2.70. The molecule has 0 aliphatic carbocycles. The van der Waals surface area contributed by atoms with Crippen molar-refractivity contribution in [2.45, 2.75) is 39.5 Å². The van der Waals surface area contributed by atoms with E-state index in [4.69, 9.17) is 0 Å². The Morgan fingerprint density at radius 1 is 1.12 bits per heavy atom. The van der Waals surface area contributed by atoms with Crippen molar-refractivity contribution in [1.82, 2.24) is 0 Å². The molecule has 0 heterocycles.